The normalized spacial score (nSPS) is 12.0. The highest BCUT2D eigenvalue weighted by Gasteiger charge is 2.26. The zero-order valence-corrected chi connectivity index (χ0v) is 17.4. The van der Waals surface area contributed by atoms with Crippen molar-refractivity contribution in [3.8, 4) is 16.9 Å². The summed E-state index contributed by atoms with van der Waals surface area (Å²) in [6.07, 6.45) is 0. The van der Waals surface area contributed by atoms with Gasteiger partial charge in [0.2, 0.25) is 11.2 Å². The van der Waals surface area contributed by atoms with Crippen LogP contribution >= 0.6 is 23.2 Å². The van der Waals surface area contributed by atoms with E-state index in [1.807, 2.05) is 13.8 Å². The number of benzene rings is 2. The van der Waals surface area contributed by atoms with E-state index in [0.29, 0.717) is 43.1 Å². The van der Waals surface area contributed by atoms with Gasteiger partial charge in [-0.25, -0.2) is 0 Å². The number of aromatic hydroxyl groups is 1. The Bertz CT molecular complexity index is 1580. The van der Waals surface area contributed by atoms with Crippen molar-refractivity contribution >= 4 is 56.3 Å². The van der Waals surface area contributed by atoms with Crippen LogP contribution in [0.25, 0.3) is 44.2 Å². The quantitative estimate of drug-likeness (QED) is 0.349. The van der Waals surface area contributed by atoms with Crippen molar-refractivity contribution in [1.29, 1.82) is 0 Å². The minimum Gasteiger partial charge on any atom is -0.502 e. The van der Waals surface area contributed by atoms with Gasteiger partial charge in [0.1, 0.15) is 5.65 Å². The van der Waals surface area contributed by atoms with Crippen LogP contribution in [0.15, 0.2) is 44.3 Å². The van der Waals surface area contributed by atoms with E-state index in [1.54, 1.807) is 28.9 Å². The fraction of sp³-hybridized carbons (Fsp3) is 0.143. The number of nitrogens with one attached hydrogen (secondary N) is 2. The predicted octanol–water partition coefficient (Wildman–Crippen LogP) is 5.18. The minimum atomic E-state index is -0.562. The van der Waals surface area contributed by atoms with E-state index in [0.717, 1.165) is 0 Å². The molecule has 2 aromatic carbocycles. The number of hydrogen-bond donors (Lipinski definition) is 3. The molecule has 0 radical (unpaired) electrons. The van der Waals surface area contributed by atoms with Gasteiger partial charge in [-0.3, -0.25) is 19.4 Å². The molecule has 0 aliphatic heterocycles. The van der Waals surface area contributed by atoms with Gasteiger partial charge in [0, 0.05) is 22.6 Å². The van der Waals surface area contributed by atoms with E-state index in [9.17, 15) is 14.7 Å². The average Bonchev–Trinajstić information content (AvgIpc) is 3.23. The number of phenols is 1. The Morgan fingerprint density at radius 2 is 1.73 bits per heavy atom. The predicted molar refractivity (Wildman–Crippen MR) is 118 cm³/mol. The van der Waals surface area contributed by atoms with Crippen molar-refractivity contribution < 1.29 is 9.52 Å². The van der Waals surface area contributed by atoms with Gasteiger partial charge >= 0.3 is 0 Å². The molecule has 0 atom stereocenters. The molecule has 3 N–H and O–H groups in total. The summed E-state index contributed by atoms with van der Waals surface area (Å²) in [4.78, 5) is 28.1. The first-order chi connectivity index (χ1) is 14.3. The van der Waals surface area contributed by atoms with Gasteiger partial charge in [-0.05, 0) is 38.1 Å². The second-order valence-corrected chi connectivity index (χ2v) is 8.13. The molecule has 152 valence electrons. The van der Waals surface area contributed by atoms with Gasteiger partial charge in [-0.1, -0.05) is 29.3 Å². The monoisotopic (exact) mass is 443 g/mol. The lowest BCUT2D eigenvalue weighted by Gasteiger charge is -2.12. The fourth-order valence-electron chi connectivity index (χ4n) is 3.83. The molecule has 9 heteroatoms. The van der Waals surface area contributed by atoms with Crippen LogP contribution in [-0.2, 0) is 0 Å². The summed E-state index contributed by atoms with van der Waals surface area (Å²) in [6.45, 7) is 3.86. The lowest BCUT2D eigenvalue weighted by molar-refractivity contribution is 0.464. The van der Waals surface area contributed by atoms with Crippen LogP contribution in [-0.4, -0.2) is 19.9 Å². The van der Waals surface area contributed by atoms with Gasteiger partial charge in [0.25, 0.3) is 5.56 Å². The van der Waals surface area contributed by atoms with Crippen molar-refractivity contribution in [3.05, 3.63) is 61.0 Å². The number of rotatable bonds is 2. The summed E-state index contributed by atoms with van der Waals surface area (Å²) in [5.41, 5.74) is 1.22. The first-order valence-corrected chi connectivity index (χ1v) is 9.94. The third kappa shape index (κ3) is 2.45. The van der Waals surface area contributed by atoms with E-state index in [-0.39, 0.29) is 22.8 Å². The van der Waals surface area contributed by atoms with Gasteiger partial charge in [0.15, 0.2) is 11.2 Å². The van der Waals surface area contributed by atoms with Crippen LogP contribution in [0.4, 0.5) is 0 Å². The Balaban J connectivity index is 2.13. The number of pyridine rings is 1. The number of halogens is 2. The maximum atomic E-state index is 13.0. The molecule has 0 aliphatic carbocycles. The van der Waals surface area contributed by atoms with Crippen LogP contribution in [0.2, 0.25) is 10.0 Å². The van der Waals surface area contributed by atoms with Gasteiger partial charge in [0.05, 0.1) is 20.9 Å². The summed E-state index contributed by atoms with van der Waals surface area (Å²) < 4.78 is 7.63. The Morgan fingerprint density at radius 1 is 1.03 bits per heavy atom. The number of nitrogens with zero attached hydrogens (tertiary/aromatic N) is 1. The average molecular weight is 444 g/mol. The van der Waals surface area contributed by atoms with E-state index >= 15 is 0 Å². The molecule has 30 heavy (non-hydrogen) atoms. The van der Waals surface area contributed by atoms with Crippen LogP contribution in [0.5, 0.6) is 5.75 Å². The van der Waals surface area contributed by atoms with E-state index in [2.05, 4.69) is 10.1 Å². The van der Waals surface area contributed by atoms with Crippen molar-refractivity contribution in [3.63, 3.8) is 0 Å². The second-order valence-electron chi connectivity index (χ2n) is 7.32. The molecule has 3 aromatic heterocycles. The molecular weight excluding hydrogens is 429 g/mol. The molecular formula is C21H15Cl2N3O4. The molecule has 0 aliphatic rings. The van der Waals surface area contributed by atoms with E-state index < -0.39 is 11.2 Å². The molecule has 5 rings (SSSR count). The van der Waals surface area contributed by atoms with Gasteiger partial charge < -0.3 is 14.5 Å². The van der Waals surface area contributed by atoms with E-state index in [4.69, 9.17) is 27.6 Å². The second kappa shape index (κ2) is 6.42. The van der Waals surface area contributed by atoms with Crippen molar-refractivity contribution in [1.82, 2.24) is 14.8 Å². The third-order valence-electron chi connectivity index (χ3n) is 5.17. The van der Waals surface area contributed by atoms with Crippen LogP contribution in [0.3, 0.4) is 0 Å². The number of furan rings is 1. The van der Waals surface area contributed by atoms with Gasteiger partial charge in [-0.15, -0.1) is 0 Å². The first kappa shape index (κ1) is 18.8. The summed E-state index contributed by atoms with van der Waals surface area (Å²) in [5.74, 6) is -0.501. The molecule has 0 saturated heterocycles. The van der Waals surface area contributed by atoms with Crippen molar-refractivity contribution in [2.24, 2.45) is 0 Å². The summed E-state index contributed by atoms with van der Waals surface area (Å²) in [5, 5.41) is 14.6. The van der Waals surface area contributed by atoms with E-state index in [1.165, 1.54) is 6.07 Å². The maximum absolute atomic E-state index is 13.0. The number of fused-ring (bicyclic) bond motifs is 4. The number of H-pyrrole nitrogens is 2. The number of hydrogen-bond acceptors (Lipinski definition) is 4. The zero-order chi connectivity index (χ0) is 21.3. The summed E-state index contributed by atoms with van der Waals surface area (Å²) in [7, 11) is 0. The molecule has 0 saturated carbocycles. The SMILES string of the molecule is CC(C)n1[nH]c(=O)c2c(-c3c(Cl)cccc3Cl)c3oc4c(O)c(=O)ccc4c3[nH]c21. The maximum Gasteiger partial charge on any atom is 0.274 e. The summed E-state index contributed by atoms with van der Waals surface area (Å²) in [6, 6.07) is 7.81. The highest BCUT2D eigenvalue weighted by Crippen LogP contribution is 2.44. The molecule has 0 unspecified atom stereocenters. The molecule has 7 nitrogen and oxygen atoms in total. The Labute approximate surface area is 178 Å². The first-order valence-electron chi connectivity index (χ1n) is 9.18. The molecule has 0 amide bonds. The van der Waals surface area contributed by atoms with Gasteiger partial charge in [-0.2, -0.15) is 0 Å². The topological polar surface area (TPSA) is 104 Å². The van der Waals surface area contributed by atoms with Crippen molar-refractivity contribution in [2.75, 3.05) is 0 Å². The third-order valence-corrected chi connectivity index (χ3v) is 5.80. The highest BCUT2D eigenvalue weighted by atomic mass is 35.5. The standard InChI is InChI=1S/C21H15Cl2N3O4/c1-8(2)26-20-15(21(29)25-26)14(13-10(22)4-3-5-11(13)23)19-16(24-20)9-6-7-12(27)17(28)18(9)30-19/h3-8,24,28H,1-2H3,(H,25,29). The van der Waals surface area contributed by atoms with Crippen molar-refractivity contribution in [2.45, 2.75) is 19.9 Å². The lowest BCUT2D eigenvalue weighted by Crippen LogP contribution is -2.07. The lowest BCUT2D eigenvalue weighted by atomic mass is 10.0. The smallest absolute Gasteiger partial charge is 0.274 e. The van der Waals surface area contributed by atoms with Crippen LogP contribution < -0.4 is 11.0 Å². The number of phenolic OH excluding ortho intramolecular Hbond substituents is 1. The molecule has 0 fully saturated rings. The van der Waals surface area contributed by atoms with Crippen LogP contribution in [0.1, 0.15) is 19.9 Å². The van der Waals surface area contributed by atoms with Crippen LogP contribution in [0, 0.1) is 0 Å². The molecule has 0 spiro atoms. The Morgan fingerprint density at radius 3 is 2.40 bits per heavy atom. The summed E-state index contributed by atoms with van der Waals surface area (Å²) >= 11 is 13.0. The fourth-order valence-corrected chi connectivity index (χ4v) is 4.41. The highest BCUT2D eigenvalue weighted by molar-refractivity contribution is 6.40. The molecule has 3 heterocycles. The Kier molecular flexibility index (Phi) is 4.03. The Hall–Kier alpha value is -3.16. The molecule has 5 aromatic rings. The molecule has 0 bridgehead atoms. The number of aromatic nitrogens is 3. The zero-order valence-electron chi connectivity index (χ0n) is 15.8. The number of aromatic amines is 2. The largest absolute Gasteiger partial charge is 0.502 e. The minimum absolute atomic E-state index is 0.0263.